The summed E-state index contributed by atoms with van der Waals surface area (Å²) in [5.41, 5.74) is 0. The van der Waals surface area contributed by atoms with Gasteiger partial charge in [0.15, 0.2) is 25.2 Å². The first-order valence-electron chi connectivity index (χ1n) is 22.2. The fraction of sp³-hybridized carbons (Fsp3) is 0.897. The van der Waals surface area contributed by atoms with Crippen LogP contribution < -0.4 is 16.0 Å². The fourth-order valence-electron chi connectivity index (χ4n) is 8.94. The van der Waals surface area contributed by atoms with Crippen LogP contribution in [0.5, 0.6) is 0 Å². The van der Waals surface area contributed by atoms with Crippen molar-refractivity contribution in [2.75, 3.05) is 33.0 Å². The van der Waals surface area contributed by atoms with Crippen molar-refractivity contribution in [3.05, 3.63) is 0 Å². The van der Waals surface area contributed by atoms with Crippen molar-refractivity contribution in [3.8, 4) is 0 Å². The summed E-state index contributed by atoms with van der Waals surface area (Å²) in [7, 11) is 0. The molecule has 0 saturated carbocycles. The number of carboxylic acid groups (broad SMARTS) is 1. The van der Waals surface area contributed by atoms with E-state index in [0.717, 1.165) is 20.8 Å². The molecular weight excluding hydrogens is 974 g/mol. The molecule has 32 heteroatoms. The van der Waals surface area contributed by atoms with Gasteiger partial charge in [-0.2, -0.15) is 0 Å². The standard InChI is InChI=1S/C39H65N3O29/c1-10(48)40-19-13(51)4-39(38(61)62,70-32(19)22(53)14(52)5-43)71-33-28(59)37(66-18(9-47)30(33)68-35-20(41-11(2)49)25(56)23(54)15(6-44)64-35)69-31-21(42-12(3)50)36(65-16(7-45)24(31)55)67-29-17(8-46)63-34(60)27(58)26(29)57/h13-37,43-47,51-60H,4-9H2,1-3H3,(H,40,48)(H,41,49)(H,42,50)(H,61,62)/t13-,14+,15+,16+,17+,18+,19+,20+,21+,22+,23-,24-,25+,26+,27+,28+,29-,30-,31+,32+,33+,34+,35-,36-,37-,39-/m0/s1. The van der Waals surface area contributed by atoms with Crippen LogP contribution in [0.1, 0.15) is 27.2 Å². The lowest BCUT2D eigenvalue weighted by Gasteiger charge is -2.52. The Labute approximate surface area is 402 Å². The van der Waals surface area contributed by atoms with E-state index in [1.54, 1.807) is 0 Å². The molecule has 0 aromatic carbocycles. The van der Waals surface area contributed by atoms with E-state index in [9.17, 15) is 101 Å². The van der Waals surface area contributed by atoms with Crippen molar-refractivity contribution in [1.29, 1.82) is 0 Å². The van der Waals surface area contributed by atoms with Crippen molar-refractivity contribution in [1.82, 2.24) is 16.0 Å². The second-order valence-electron chi connectivity index (χ2n) is 17.6. The van der Waals surface area contributed by atoms with Crippen molar-refractivity contribution in [3.63, 3.8) is 0 Å². The molecule has 0 spiro atoms. The third-order valence-electron chi connectivity index (χ3n) is 12.5. The van der Waals surface area contributed by atoms with Gasteiger partial charge >= 0.3 is 5.97 Å². The molecule has 71 heavy (non-hydrogen) atoms. The topological polar surface area (TPSA) is 511 Å². The van der Waals surface area contributed by atoms with Gasteiger partial charge in [-0.1, -0.05) is 0 Å². The van der Waals surface area contributed by atoms with Crippen molar-refractivity contribution < 1.29 is 144 Å². The highest BCUT2D eigenvalue weighted by molar-refractivity contribution is 5.77. The molecule has 0 unspecified atom stereocenters. The third kappa shape index (κ3) is 12.9. The SMILES string of the molecule is CC(=O)N[C@H]1[C@H](O[C@@H]2[C@H](O[C@]3(C(=O)O)C[C@H](O)[C@@H](NC(C)=O)[C@H]([C@H](O)[C@H](O)CO)O3)[C@@H](O)[C@H](O[C@H]3[C@@H](O)[C@@H](CO)O[C@@H](O[C@@H]4[C@H](O)[C@@H](O)[C@H](O)O[C@@H]4CO)[C@@H]3NC(C)=O)O[C@@H]2CO)O[C@H](CO)[C@H](O)[C@@H]1O. The minimum atomic E-state index is -3.33. The predicted octanol–water partition coefficient (Wildman–Crippen LogP) is -12.3. The van der Waals surface area contributed by atoms with Crippen LogP contribution in [0.3, 0.4) is 0 Å². The first kappa shape index (κ1) is 58.8. The Hall–Kier alpha value is -3.08. The first-order chi connectivity index (χ1) is 33.4. The molecule has 5 aliphatic rings. The first-order valence-corrected chi connectivity index (χ1v) is 22.2. The Kier molecular flexibility index (Phi) is 20.7. The second-order valence-corrected chi connectivity index (χ2v) is 17.6. The number of carboxylic acids is 1. The Morgan fingerprint density at radius 1 is 0.549 bits per heavy atom. The number of hydrogen-bond acceptors (Lipinski definition) is 28. The maximum Gasteiger partial charge on any atom is 0.364 e. The number of nitrogens with one attached hydrogen (secondary N) is 3. The minimum absolute atomic E-state index is 0.850. The molecular formula is C39H65N3O29. The summed E-state index contributed by atoms with van der Waals surface area (Å²) < 4.78 is 52.3. The lowest BCUT2D eigenvalue weighted by atomic mass is 9.88. The van der Waals surface area contributed by atoms with Crippen LogP contribution in [0.25, 0.3) is 0 Å². The number of hydrogen-bond donors (Lipinski definition) is 19. The average Bonchev–Trinajstić information content (AvgIpc) is 3.31. The summed E-state index contributed by atoms with van der Waals surface area (Å²) in [6, 6.07) is -5.33. The quantitative estimate of drug-likeness (QED) is 0.0571. The highest BCUT2D eigenvalue weighted by Crippen LogP contribution is 2.40. The number of aliphatic hydroxyl groups is 15. The molecule has 5 heterocycles. The summed E-state index contributed by atoms with van der Waals surface area (Å²) in [5.74, 6) is -8.08. The Morgan fingerprint density at radius 3 is 1.56 bits per heavy atom. The molecule has 5 aliphatic heterocycles. The van der Waals surface area contributed by atoms with E-state index < -0.39 is 222 Å². The lowest BCUT2D eigenvalue weighted by Crippen LogP contribution is -2.72. The maximum atomic E-state index is 13.4. The molecule has 410 valence electrons. The van der Waals surface area contributed by atoms with E-state index in [0.29, 0.717) is 0 Å². The van der Waals surface area contributed by atoms with E-state index in [-0.39, 0.29) is 0 Å². The van der Waals surface area contributed by atoms with Crippen LogP contribution in [0, 0.1) is 0 Å². The number of carbonyl (C=O) groups excluding carboxylic acids is 3. The van der Waals surface area contributed by atoms with Gasteiger partial charge < -0.3 is 140 Å². The molecule has 5 saturated heterocycles. The summed E-state index contributed by atoms with van der Waals surface area (Å²) in [6.45, 7) is -2.46. The lowest BCUT2D eigenvalue weighted by molar-refractivity contribution is -0.399. The summed E-state index contributed by atoms with van der Waals surface area (Å²) in [4.78, 5) is 50.7. The maximum absolute atomic E-state index is 13.4. The Balaban J connectivity index is 1.62. The number of aliphatic carboxylic acids is 1. The van der Waals surface area contributed by atoms with Crippen LogP contribution in [-0.4, -0.2) is 297 Å². The van der Waals surface area contributed by atoms with Gasteiger partial charge in [-0.15, -0.1) is 0 Å². The molecule has 0 bridgehead atoms. The Bertz CT molecular complexity index is 1770. The third-order valence-corrected chi connectivity index (χ3v) is 12.5. The molecule has 5 rings (SSSR count). The van der Waals surface area contributed by atoms with Crippen molar-refractivity contribution in [2.45, 2.75) is 186 Å². The monoisotopic (exact) mass is 1040 g/mol. The van der Waals surface area contributed by atoms with E-state index in [4.69, 9.17) is 42.6 Å². The van der Waals surface area contributed by atoms with Gasteiger partial charge in [0.25, 0.3) is 5.79 Å². The molecule has 0 aromatic rings. The number of ether oxygens (including phenoxy) is 9. The van der Waals surface area contributed by atoms with Gasteiger partial charge in [0, 0.05) is 27.2 Å². The summed E-state index contributed by atoms with van der Waals surface area (Å²) >= 11 is 0. The highest BCUT2D eigenvalue weighted by atomic mass is 16.8. The number of rotatable bonds is 19. The molecule has 3 amide bonds. The van der Waals surface area contributed by atoms with Crippen molar-refractivity contribution in [2.24, 2.45) is 0 Å². The van der Waals surface area contributed by atoms with Gasteiger partial charge in [-0.3, -0.25) is 14.4 Å². The van der Waals surface area contributed by atoms with Gasteiger partial charge in [-0.05, 0) is 0 Å². The van der Waals surface area contributed by atoms with Crippen LogP contribution in [0.2, 0.25) is 0 Å². The van der Waals surface area contributed by atoms with E-state index in [1.807, 2.05) is 0 Å². The predicted molar refractivity (Wildman–Crippen MR) is 219 cm³/mol. The van der Waals surface area contributed by atoms with Crippen LogP contribution in [-0.2, 0) is 61.8 Å². The molecule has 0 aliphatic carbocycles. The molecule has 26 atom stereocenters. The fourth-order valence-corrected chi connectivity index (χ4v) is 8.94. The molecule has 0 aromatic heterocycles. The largest absolute Gasteiger partial charge is 0.477 e. The average molecular weight is 1040 g/mol. The molecule has 19 N–H and O–H groups in total. The summed E-state index contributed by atoms with van der Waals surface area (Å²) in [5, 5.41) is 178. The van der Waals surface area contributed by atoms with E-state index >= 15 is 0 Å². The molecule has 32 nitrogen and oxygen atoms in total. The summed E-state index contributed by atoms with van der Waals surface area (Å²) in [6.07, 6.45) is -46.2. The van der Waals surface area contributed by atoms with Crippen LogP contribution >= 0.6 is 0 Å². The zero-order chi connectivity index (χ0) is 53.0. The van der Waals surface area contributed by atoms with Crippen molar-refractivity contribution >= 4 is 23.7 Å². The second kappa shape index (κ2) is 25.0. The van der Waals surface area contributed by atoms with Crippen LogP contribution in [0.4, 0.5) is 0 Å². The number of aliphatic hydroxyl groups excluding tert-OH is 15. The minimum Gasteiger partial charge on any atom is -0.477 e. The highest BCUT2D eigenvalue weighted by Gasteiger charge is 2.62. The van der Waals surface area contributed by atoms with Crippen LogP contribution in [0.15, 0.2) is 0 Å². The van der Waals surface area contributed by atoms with Gasteiger partial charge in [0.1, 0.15) is 116 Å². The zero-order valence-electron chi connectivity index (χ0n) is 38.1. The Morgan fingerprint density at radius 2 is 1.03 bits per heavy atom. The van der Waals surface area contributed by atoms with E-state index in [2.05, 4.69) is 16.0 Å². The smallest absolute Gasteiger partial charge is 0.364 e. The van der Waals surface area contributed by atoms with Gasteiger partial charge in [-0.25, -0.2) is 4.79 Å². The zero-order valence-corrected chi connectivity index (χ0v) is 38.1. The molecule has 0 radical (unpaired) electrons. The number of amides is 3. The molecule has 5 fully saturated rings. The van der Waals surface area contributed by atoms with Gasteiger partial charge in [0.2, 0.25) is 17.7 Å². The normalized spacial score (nSPS) is 45.0. The number of carbonyl (C=O) groups is 4. The van der Waals surface area contributed by atoms with Gasteiger partial charge in [0.05, 0.1) is 45.2 Å². The van der Waals surface area contributed by atoms with E-state index in [1.165, 1.54) is 0 Å².